The summed E-state index contributed by atoms with van der Waals surface area (Å²) in [5.74, 6) is 0. The van der Waals surface area contributed by atoms with Crippen LogP contribution in [0.4, 0.5) is 5.69 Å². The fraction of sp³-hybridized carbons (Fsp3) is 0.737. The Hall–Kier alpha value is -1.14. The van der Waals surface area contributed by atoms with Gasteiger partial charge in [0.2, 0.25) is 0 Å². The maximum Gasteiger partial charge on any atom is 0.200 e. The highest BCUT2D eigenvalue weighted by molar-refractivity contribution is 7.92. The molecule has 2 fully saturated rings. The van der Waals surface area contributed by atoms with Crippen molar-refractivity contribution in [1.82, 2.24) is 4.98 Å². The van der Waals surface area contributed by atoms with Gasteiger partial charge >= 0.3 is 0 Å². The molecular weight excluding hydrogens is 336 g/mol. The van der Waals surface area contributed by atoms with Crippen LogP contribution in [0.15, 0.2) is 23.4 Å². The molecule has 5 nitrogen and oxygen atoms in total. The molecule has 0 amide bonds. The highest BCUT2D eigenvalue weighted by atomic mass is 32.2. The number of sulfone groups is 1. The van der Waals surface area contributed by atoms with Gasteiger partial charge in [-0.05, 0) is 58.6 Å². The summed E-state index contributed by atoms with van der Waals surface area (Å²) in [6, 6.07) is 3.51. The Balaban J connectivity index is 1.58. The third kappa shape index (κ3) is 4.17. The lowest BCUT2D eigenvalue weighted by Crippen LogP contribution is -2.38. The van der Waals surface area contributed by atoms with E-state index < -0.39 is 14.6 Å². The van der Waals surface area contributed by atoms with Crippen LogP contribution in [0.5, 0.6) is 0 Å². The molecule has 0 bridgehead atoms. The van der Waals surface area contributed by atoms with Gasteiger partial charge in [-0.25, -0.2) is 13.4 Å². The van der Waals surface area contributed by atoms with Gasteiger partial charge in [0.05, 0.1) is 28.8 Å². The second-order valence-corrected chi connectivity index (χ2v) is 10.8. The van der Waals surface area contributed by atoms with Gasteiger partial charge in [0, 0.05) is 13.1 Å². The summed E-state index contributed by atoms with van der Waals surface area (Å²) in [7, 11) is -3.40. The highest BCUT2D eigenvalue weighted by Crippen LogP contribution is 2.28. The first-order chi connectivity index (χ1) is 11.8. The van der Waals surface area contributed by atoms with E-state index in [2.05, 4.69) is 9.88 Å². The van der Waals surface area contributed by atoms with Crippen LogP contribution in [0.25, 0.3) is 0 Å². The first-order valence-electron chi connectivity index (χ1n) is 9.38. The lowest BCUT2D eigenvalue weighted by Gasteiger charge is -2.34. The van der Waals surface area contributed by atoms with E-state index in [-0.39, 0.29) is 5.03 Å². The number of piperidine rings is 1. The van der Waals surface area contributed by atoms with E-state index in [1.807, 2.05) is 6.07 Å². The van der Waals surface area contributed by atoms with Crippen LogP contribution in [-0.2, 0) is 14.6 Å². The van der Waals surface area contributed by atoms with Crippen LogP contribution >= 0.6 is 0 Å². The molecule has 2 aliphatic rings. The summed E-state index contributed by atoms with van der Waals surface area (Å²) in [5.41, 5.74) is 0.993. The van der Waals surface area contributed by atoms with Crippen molar-refractivity contribution in [3.63, 3.8) is 0 Å². The van der Waals surface area contributed by atoms with Crippen molar-refractivity contribution in [2.24, 2.45) is 0 Å². The van der Waals surface area contributed by atoms with Gasteiger partial charge in [-0.1, -0.05) is 12.8 Å². The fourth-order valence-electron chi connectivity index (χ4n) is 3.58. The summed E-state index contributed by atoms with van der Waals surface area (Å²) in [6.45, 7) is 6.97. The molecule has 140 valence electrons. The minimum Gasteiger partial charge on any atom is -0.375 e. The highest BCUT2D eigenvalue weighted by Gasteiger charge is 2.32. The van der Waals surface area contributed by atoms with Gasteiger partial charge in [-0.2, -0.15) is 0 Å². The van der Waals surface area contributed by atoms with Gasteiger partial charge in [0.25, 0.3) is 0 Å². The molecule has 1 saturated heterocycles. The van der Waals surface area contributed by atoms with Crippen molar-refractivity contribution in [1.29, 1.82) is 0 Å². The maximum atomic E-state index is 12.5. The Morgan fingerprint density at radius 1 is 1.04 bits per heavy atom. The summed E-state index contributed by atoms with van der Waals surface area (Å²) < 4.78 is 30.3. The van der Waals surface area contributed by atoms with Crippen molar-refractivity contribution in [2.45, 2.75) is 81.3 Å². The average molecular weight is 367 g/mol. The summed E-state index contributed by atoms with van der Waals surface area (Å²) in [6.07, 6.45) is 9.63. The minimum atomic E-state index is -3.40. The molecule has 0 aromatic carbocycles. The molecule has 0 N–H and O–H groups in total. The van der Waals surface area contributed by atoms with E-state index in [0.717, 1.165) is 31.6 Å². The molecule has 0 radical (unpaired) electrons. The van der Waals surface area contributed by atoms with E-state index in [9.17, 15) is 8.42 Å². The average Bonchev–Trinajstić information content (AvgIpc) is 3.08. The van der Waals surface area contributed by atoms with Crippen molar-refractivity contribution in [3.8, 4) is 0 Å². The molecule has 1 aromatic rings. The molecule has 25 heavy (non-hydrogen) atoms. The monoisotopic (exact) mass is 366 g/mol. The molecule has 6 heteroatoms. The zero-order chi connectivity index (χ0) is 18.1. The Morgan fingerprint density at radius 3 is 2.16 bits per heavy atom. The Morgan fingerprint density at radius 2 is 1.64 bits per heavy atom. The molecule has 1 aliphatic carbocycles. The summed E-state index contributed by atoms with van der Waals surface area (Å²) >= 11 is 0. The van der Waals surface area contributed by atoms with Crippen molar-refractivity contribution in [3.05, 3.63) is 18.3 Å². The quantitative estimate of drug-likeness (QED) is 0.815. The normalized spacial score (nSPS) is 21.0. The molecule has 3 rings (SSSR count). The largest absolute Gasteiger partial charge is 0.375 e. The zero-order valence-electron chi connectivity index (χ0n) is 15.6. The second-order valence-electron chi connectivity index (χ2n) is 8.20. The van der Waals surface area contributed by atoms with E-state index in [1.165, 1.54) is 25.7 Å². The van der Waals surface area contributed by atoms with Gasteiger partial charge < -0.3 is 9.64 Å². The van der Waals surface area contributed by atoms with E-state index >= 15 is 0 Å². The molecule has 1 saturated carbocycles. The lowest BCUT2D eigenvalue weighted by molar-refractivity contribution is -0.0194. The van der Waals surface area contributed by atoms with Crippen LogP contribution in [-0.4, -0.2) is 43.4 Å². The van der Waals surface area contributed by atoms with Crippen LogP contribution in [0.1, 0.15) is 59.3 Å². The van der Waals surface area contributed by atoms with Crippen LogP contribution < -0.4 is 4.90 Å². The van der Waals surface area contributed by atoms with Crippen LogP contribution in [0, 0.1) is 0 Å². The Bertz CT molecular complexity index is 666. The molecule has 0 unspecified atom stereocenters. The van der Waals surface area contributed by atoms with Crippen LogP contribution in [0.3, 0.4) is 0 Å². The number of pyridine rings is 1. The van der Waals surface area contributed by atoms with Gasteiger partial charge in [0.1, 0.15) is 0 Å². The number of anilines is 1. The Kier molecular flexibility index (Phi) is 5.40. The third-order valence-corrected chi connectivity index (χ3v) is 7.70. The number of hydrogen-bond acceptors (Lipinski definition) is 5. The number of hydrogen-bond donors (Lipinski definition) is 0. The standard InChI is InChI=1S/C19H30N2O3S/c1-19(2,3)25(22,23)18-9-8-15(14-20-18)21-12-10-17(11-13-21)24-16-6-4-5-7-16/h8-9,14,16-17H,4-7,10-13H2,1-3H3. The number of ether oxygens (including phenoxy) is 1. The maximum absolute atomic E-state index is 12.5. The van der Waals surface area contributed by atoms with Gasteiger partial charge in [0.15, 0.2) is 14.9 Å². The second kappa shape index (κ2) is 7.23. The molecule has 0 atom stereocenters. The summed E-state index contributed by atoms with van der Waals surface area (Å²) in [4.78, 5) is 6.51. The fourth-order valence-corrected chi connectivity index (χ4v) is 4.64. The first-order valence-corrected chi connectivity index (χ1v) is 10.9. The van der Waals surface area contributed by atoms with Gasteiger partial charge in [-0.3, -0.25) is 0 Å². The number of nitrogens with zero attached hydrogens (tertiary/aromatic N) is 2. The topological polar surface area (TPSA) is 59.5 Å². The van der Waals surface area contributed by atoms with Crippen molar-refractivity contribution in [2.75, 3.05) is 18.0 Å². The first kappa shape index (κ1) is 18.6. The third-order valence-electron chi connectivity index (χ3n) is 5.30. The lowest BCUT2D eigenvalue weighted by atomic mass is 10.1. The van der Waals surface area contributed by atoms with E-state index in [4.69, 9.17) is 4.74 Å². The Labute approximate surface area is 151 Å². The minimum absolute atomic E-state index is 0.156. The van der Waals surface area contributed by atoms with Crippen molar-refractivity contribution < 1.29 is 13.2 Å². The number of aromatic nitrogens is 1. The van der Waals surface area contributed by atoms with E-state index in [1.54, 1.807) is 33.0 Å². The molecule has 1 aromatic heterocycles. The predicted octanol–water partition coefficient (Wildman–Crippen LogP) is 3.58. The predicted molar refractivity (Wildman–Crippen MR) is 99.8 cm³/mol. The van der Waals surface area contributed by atoms with Gasteiger partial charge in [-0.15, -0.1) is 0 Å². The molecule has 0 spiro atoms. The number of rotatable bonds is 4. The SMILES string of the molecule is CC(C)(C)S(=O)(=O)c1ccc(N2CCC(OC3CCCC3)CC2)cn1. The summed E-state index contributed by atoms with van der Waals surface area (Å²) in [5, 5.41) is 0.156. The zero-order valence-corrected chi connectivity index (χ0v) is 16.4. The van der Waals surface area contributed by atoms with Crippen molar-refractivity contribution >= 4 is 15.5 Å². The molecule has 2 heterocycles. The smallest absolute Gasteiger partial charge is 0.200 e. The molecule has 1 aliphatic heterocycles. The van der Waals surface area contributed by atoms with Crippen LogP contribution in [0.2, 0.25) is 0 Å². The van der Waals surface area contributed by atoms with E-state index in [0.29, 0.717) is 12.2 Å². The molecular formula is C19H30N2O3S.